The minimum Gasteiger partial charge on any atom is -0.324 e. The van der Waals surface area contributed by atoms with Crippen molar-refractivity contribution < 1.29 is 0 Å². The van der Waals surface area contributed by atoms with Gasteiger partial charge in [0.05, 0.1) is 6.54 Å². The lowest BCUT2D eigenvalue weighted by Crippen LogP contribution is -2.20. The van der Waals surface area contributed by atoms with Crippen molar-refractivity contribution in [3.63, 3.8) is 0 Å². The largest absolute Gasteiger partial charge is 0.324 e. The SMILES string of the molecule is CC1CCc2nnc(CN)n2C1. The number of aromatic nitrogens is 3. The number of hydrogen-bond acceptors (Lipinski definition) is 3. The lowest BCUT2D eigenvalue weighted by Gasteiger charge is -2.20. The van der Waals surface area contributed by atoms with Crippen molar-refractivity contribution in [1.29, 1.82) is 0 Å². The molecule has 1 atom stereocenters. The van der Waals surface area contributed by atoms with Crippen LogP contribution in [0.1, 0.15) is 25.0 Å². The molecule has 1 aromatic rings. The predicted molar refractivity (Wildman–Crippen MR) is 45.4 cm³/mol. The zero-order valence-electron chi connectivity index (χ0n) is 7.32. The molecule has 2 rings (SSSR count). The average Bonchev–Trinajstić information content (AvgIpc) is 2.46. The number of aryl methyl sites for hydroxylation is 1. The second kappa shape index (κ2) is 2.86. The third-order valence-electron chi connectivity index (χ3n) is 2.44. The fourth-order valence-electron chi connectivity index (χ4n) is 1.70. The summed E-state index contributed by atoms with van der Waals surface area (Å²) in [5.41, 5.74) is 5.54. The quantitative estimate of drug-likeness (QED) is 0.653. The maximum absolute atomic E-state index is 5.54. The molecular formula is C8H14N4. The van der Waals surface area contributed by atoms with Gasteiger partial charge in [-0.05, 0) is 12.3 Å². The van der Waals surface area contributed by atoms with Gasteiger partial charge in [-0.2, -0.15) is 0 Å². The molecule has 4 nitrogen and oxygen atoms in total. The molecule has 0 saturated heterocycles. The summed E-state index contributed by atoms with van der Waals surface area (Å²) in [4.78, 5) is 0. The van der Waals surface area contributed by atoms with E-state index in [2.05, 4.69) is 21.7 Å². The first-order valence-electron chi connectivity index (χ1n) is 4.42. The summed E-state index contributed by atoms with van der Waals surface area (Å²) >= 11 is 0. The molecule has 0 aliphatic carbocycles. The first-order valence-corrected chi connectivity index (χ1v) is 4.42. The van der Waals surface area contributed by atoms with Crippen LogP contribution in [0.5, 0.6) is 0 Å². The van der Waals surface area contributed by atoms with Crippen LogP contribution in [0.3, 0.4) is 0 Å². The maximum atomic E-state index is 5.54. The van der Waals surface area contributed by atoms with Crippen molar-refractivity contribution in [2.24, 2.45) is 11.7 Å². The number of nitrogens with zero attached hydrogens (tertiary/aromatic N) is 3. The van der Waals surface area contributed by atoms with Crippen LogP contribution < -0.4 is 5.73 Å². The third-order valence-corrected chi connectivity index (χ3v) is 2.44. The van der Waals surface area contributed by atoms with Crippen LogP contribution in [0.4, 0.5) is 0 Å². The number of rotatable bonds is 1. The van der Waals surface area contributed by atoms with Crippen molar-refractivity contribution in [3.05, 3.63) is 11.6 Å². The molecule has 0 radical (unpaired) electrons. The Labute approximate surface area is 71.8 Å². The lowest BCUT2D eigenvalue weighted by atomic mass is 10.0. The predicted octanol–water partition coefficient (Wildman–Crippen LogP) is 0.319. The van der Waals surface area contributed by atoms with E-state index in [1.807, 2.05) is 0 Å². The molecule has 2 heterocycles. The highest BCUT2D eigenvalue weighted by atomic mass is 15.3. The molecular weight excluding hydrogens is 152 g/mol. The summed E-state index contributed by atoms with van der Waals surface area (Å²) in [5, 5.41) is 8.13. The van der Waals surface area contributed by atoms with Crippen LogP contribution in [-0.4, -0.2) is 14.8 Å². The van der Waals surface area contributed by atoms with Gasteiger partial charge < -0.3 is 10.3 Å². The minimum atomic E-state index is 0.500. The zero-order chi connectivity index (χ0) is 8.55. The van der Waals surface area contributed by atoms with Gasteiger partial charge in [0.25, 0.3) is 0 Å². The summed E-state index contributed by atoms with van der Waals surface area (Å²) in [5.74, 6) is 2.77. The van der Waals surface area contributed by atoms with Crippen molar-refractivity contribution in [1.82, 2.24) is 14.8 Å². The molecule has 1 aliphatic rings. The Balaban J connectivity index is 2.34. The van der Waals surface area contributed by atoms with Gasteiger partial charge in [-0.25, -0.2) is 0 Å². The molecule has 0 amide bonds. The van der Waals surface area contributed by atoms with Gasteiger partial charge in [0.15, 0.2) is 0 Å². The topological polar surface area (TPSA) is 56.7 Å². The van der Waals surface area contributed by atoms with Crippen LogP contribution in [0.2, 0.25) is 0 Å². The molecule has 12 heavy (non-hydrogen) atoms. The summed E-state index contributed by atoms with van der Waals surface area (Å²) in [6.07, 6.45) is 2.27. The standard InChI is InChI=1S/C8H14N4/c1-6-2-3-7-10-11-8(4-9)12(7)5-6/h6H,2-5,9H2,1H3. The van der Waals surface area contributed by atoms with E-state index < -0.39 is 0 Å². The first-order chi connectivity index (χ1) is 5.81. The molecule has 0 aromatic carbocycles. The van der Waals surface area contributed by atoms with Crippen molar-refractivity contribution >= 4 is 0 Å². The van der Waals surface area contributed by atoms with E-state index in [-0.39, 0.29) is 0 Å². The lowest BCUT2D eigenvalue weighted by molar-refractivity contribution is 0.386. The Morgan fingerprint density at radius 2 is 2.42 bits per heavy atom. The van der Waals surface area contributed by atoms with E-state index in [1.165, 1.54) is 6.42 Å². The van der Waals surface area contributed by atoms with E-state index in [9.17, 15) is 0 Å². The molecule has 0 bridgehead atoms. The minimum absolute atomic E-state index is 0.500. The van der Waals surface area contributed by atoms with Crippen LogP contribution >= 0.6 is 0 Å². The molecule has 0 spiro atoms. The Morgan fingerprint density at radius 1 is 1.58 bits per heavy atom. The van der Waals surface area contributed by atoms with Crippen LogP contribution in [0.25, 0.3) is 0 Å². The van der Waals surface area contributed by atoms with E-state index in [0.29, 0.717) is 6.54 Å². The zero-order valence-corrected chi connectivity index (χ0v) is 7.32. The van der Waals surface area contributed by atoms with E-state index in [1.54, 1.807) is 0 Å². The summed E-state index contributed by atoms with van der Waals surface area (Å²) < 4.78 is 2.16. The van der Waals surface area contributed by atoms with Crippen LogP contribution in [0.15, 0.2) is 0 Å². The number of hydrogen-bond donors (Lipinski definition) is 1. The summed E-state index contributed by atoms with van der Waals surface area (Å²) in [6.45, 7) is 3.79. The molecule has 2 N–H and O–H groups in total. The van der Waals surface area contributed by atoms with E-state index in [0.717, 1.165) is 30.5 Å². The van der Waals surface area contributed by atoms with Gasteiger partial charge in [0, 0.05) is 13.0 Å². The number of nitrogens with two attached hydrogens (primary N) is 1. The second-order valence-corrected chi connectivity index (χ2v) is 3.49. The maximum Gasteiger partial charge on any atom is 0.146 e. The van der Waals surface area contributed by atoms with Crippen molar-refractivity contribution in [3.8, 4) is 0 Å². The molecule has 0 saturated carbocycles. The molecule has 0 fully saturated rings. The van der Waals surface area contributed by atoms with Crippen molar-refractivity contribution in [2.75, 3.05) is 0 Å². The normalized spacial score (nSPS) is 22.3. The Kier molecular flexibility index (Phi) is 1.84. The number of fused-ring (bicyclic) bond motifs is 1. The molecule has 1 aromatic heterocycles. The van der Waals surface area contributed by atoms with Gasteiger partial charge >= 0.3 is 0 Å². The Morgan fingerprint density at radius 3 is 3.17 bits per heavy atom. The smallest absolute Gasteiger partial charge is 0.146 e. The summed E-state index contributed by atoms with van der Waals surface area (Å²) in [6, 6.07) is 0. The van der Waals surface area contributed by atoms with Crippen LogP contribution in [0, 0.1) is 5.92 Å². The highest BCUT2D eigenvalue weighted by Gasteiger charge is 2.18. The fraction of sp³-hybridized carbons (Fsp3) is 0.750. The highest BCUT2D eigenvalue weighted by molar-refractivity contribution is 4.99. The van der Waals surface area contributed by atoms with Gasteiger partial charge in [-0.1, -0.05) is 6.92 Å². The van der Waals surface area contributed by atoms with Crippen molar-refractivity contribution in [2.45, 2.75) is 32.9 Å². The first kappa shape index (κ1) is 7.73. The van der Waals surface area contributed by atoms with Gasteiger partial charge in [-0.15, -0.1) is 10.2 Å². The third kappa shape index (κ3) is 1.12. The van der Waals surface area contributed by atoms with Crippen LogP contribution in [-0.2, 0) is 19.5 Å². The Bertz CT molecular complexity index is 265. The molecule has 4 heteroatoms. The van der Waals surface area contributed by atoms with E-state index in [4.69, 9.17) is 5.73 Å². The van der Waals surface area contributed by atoms with Gasteiger partial charge in [0.1, 0.15) is 11.6 Å². The second-order valence-electron chi connectivity index (χ2n) is 3.49. The monoisotopic (exact) mass is 166 g/mol. The van der Waals surface area contributed by atoms with E-state index >= 15 is 0 Å². The summed E-state index contributed by atoms with van der Waals surface area (Å²) in [7, 11) is 0. The fourth-order valence-corrected chi connectivity index (χ4v) is 1.70. The highest BCUT2D eigenvalue weighted by Crippen LogP contribution is 2.18. The molecule has 1 aliphatic heterocycles. The molecule has 1 unspecified atom stereocenters. The molecule has 66 valence electrons. The van der Waals surface area contributed by atoms with Gasteiger partial charge in [-0.3, -0.25) is 0 Å². The average molecular weight is 166 g/mol. The van der Waals surface area contributed by atoms with Gasteiger partial charge in [0.2, 0.25) is 0 Å². The Hall–Kier alpha value is -0.900.